The number of hydrogen-bond acceptors (Lipinski definition) is 3. The largest absolute Gasteiger partial charge is 0.303 e. The van der Waals surface area contributed by atoms with Gasteiger partial charge >= 0.3 is 0 Å². The lowest BCUT2D eigenvalue weighted by molar-refractivity contribution is 0.305. The number of nitrogens with zero attached hydrogens (tertiary/aromatic N) is 3. The van der Waals surface area contributed by atoms with Crippen molar-refractivity contribution >= 4 is 0 Å². The molecule has 0 saturated carbocycles. The molecule has 0 radical (unpaired) electrons. The lowest BCUT2D eigenvalue weighted by atomic mass is 10.0. The summed E-state index contributed by atoms with van der Waals surface area (Å²) in [5, 5.41) is 0. The first-order valence-electron chi connectivity index (χ1n) is 10.3. The molecule has 1 aliphatic rings. The van der Waals surface area contributed by atoms with Gasteiger partial charge in [0.1, 0.15) is 0 Å². The summed E-state index contributed by atoms with van der Waals surface area (Å²) in [5.41, 5.74) is 5.73. The van der Waals surface area contributed by atoms with Gasteiger partial charge in [-0.2, -0.15) is 0 Å². The Bertz CT molecular complexity index is 719. The quantitative estimate of drug-likeness (QED) is 0.680. The third-order valence-corrected chi connectivity index (χ3v) is 5.81. The van der Waals surface area contributed by atoms with E-state index in [4.69, 9.17) is 0 Å². The van der Waals surface area contributed by atoms with Crippen molar-refractivity contribution in [3.05, 3.63) is 70.8 Å². The van der Waals surface area contributed by atoms with Gasteiger partial charge in [-0.3, -0.25) is 9.80 Å². The zero-order valence-corrected chi connectivity index (χ0v) is 17.5. The van der Waals surface area contributed by atoms with E-state index in [1.165, 1.54) is 48.2 Å². The maximum absolute atomic E-state index is 2.59. The molecule has 146 valence electrons. The fourth-order valence-corrected chi connectivity index (χ4v) is 3.96. The van der Waals surface area contributed by atoms with Crippen LogP contribution < -0.4 is 0 Å². The van der Waals surface area contributed by atoms with Crippen LogP contribution in [0.15, 0.2) is 48.5 Å². The van der Waals surface area contributed by atoms with Gasteiger partial charge in [-0.1, -0.05) is 48.5 Å². The first-order chi connectivity index (χ1) is 13.0. The summed E-state index contributed by atoms with van der Waals surface area (Å²) in [6.45, 7) is 7.84. The van der Waals surface area contributed by atoms with E-state index in [1.54, 1.807) is 0 Å². The number of rotatable bonds is 8. The van der Waals surface area contributed by atoms with Crippen LogP contribution in [0, 0.1) is 0 Å². The van der Waals surface area contributed by atoms with Crippen molar-refractivity contribution in [2.45, 2.75) is 45.4 Å². The average molecular weight is 366 g/mol. The molecular weight excluding hydrogens is 330 g/mol. The van der Waals surface area contributed by atoms with Gasteiger partial charge in [0.2, 0.25) is 0 Å². The molecule has 1 atom stereocenters. The molecule has 1 fully saturated rings. The molecule has 27 heavy (non-hydrogen) atoms. The highest BCUT2D eigenvalue weighted by molar-refractivity contribution is 5.28. The molecule has 3 rings (SSSR count). The lowest BCUT2D eigenvalue weighted by Gasteiger charge is -2.23. The Morgan fingerprint density at radius 2 is 1.59 bits per heavy atom. The highest BCUT2D eigenvalue weighted by Gasteiger charge is 2.14. The minimum Gasteiger partial charge on any atom is -0.303 e. The Morgan fingerprint density at radius 3 is 2.30 bits per heavy atom. The van der Waals surface area contributed by atoms with Gasteiger partial charge in [-0.15, -0.1) is 0 Å². The molecule has 1 saturated heterocycles. The third kappa shape index (κ3) is 5.65. The number of likely N-dealkylation sites (tertiary alicyclic amines) is 1. The van der Waals surface area contributed by atoms with E-state index < -0.39 is 0 Å². The Morgan fingerprint density at radius 1 is 0.889 bits per heavy atom. The number of benzene rings is 2. The van der Waals surface area contributed by atoms with Gasteiger partial charge in [0.25, 0.3) is 0 Å². The molecule has 2 aromatic carbocycles. The summed E-state index contributed by atoms with van der Waals surface area (Å²) in [5.74, 6) is 0. The summed E-state index contributed by atoms with van der Waals surface area (Å²) in [6, 6.07) is 18.4. The second-order valence-electron chi connectivity index (χ2n) is 8.31. The van der Waals surface area contributed by atoms with Crippen molar-refractivity contribution < 1.29 is 0 Å². The molecule has 0 aromatic heterocycles. The van der Waals surface area contributed by atoms with Crippen LogP contribution in [0.5, 0.6) is 0 Å². The Balaban J connectivity index is 1.64. The minimum atomic E-state index is 0.441. The van der Waals surface area contributed by atoms with Crippen LogP contribution in [-0.4, -0.2) is 48.9 Å². The van der Waals surface area contributed by atoms with E-state index >= 15 is 0 Å². The van der Waals surface area contributed by atoms with Crippen LogP contribution in [0.2, 0.25) is 0 Å². The molecule has 0 amide bonds. The summed E-state index contributed by atoms with van der Waals surface area (Å²) in [7, 11) is 6.51. The van der Waals surface area contributed by atoms with Crippen molar-refractivity contribution in [2.75, 3.05) is 34.2 Å². The van der Waals surface area contributed by atoms with Gasteiger partial charge in [0, 0.05) is 25.7 Å². The van der Waals surface area contributed by atoms with Gasteiger partial charge in [-0.05, 0) is 76.3 Å². The molecule has 1 aliphatic heterocycles. The molecule has 0 bridgehead atoms. The standard InChI is InChI=1S/C24H35N3/c1-20(25(2)3)22-13-9-10-21(16-22)17-26(4)18-23-11-5-6-12-24(23)19-27-14-7-8-15-27/h5-6,9-13,16,20H,7-8,14-15,17-19H2,1-4H3. The first-order valence-corrected chi connectivity index (χ1v) is 10.3. The predicted octanol–water partition coefficient (Wildman–Crippen LogP) is 4.54. The fraction of sp³-hybridized carbons (Fsp3) is 0.500. The van der Waals surface area contributed by atoms with Gasteiger partial charge in [0.15, 0.2) is 0 Å². The Kier molecular flexibility index (Phi) is 7.06. The van der Waals surface area contributed by atoms with Crippen molar-refractivity contribution in [2.24, 2.45) is 0 Å². The smallest absolute Gasteiger partial charge is 0.0313 e. The molecular formula is C24H35N3. The van der Waals surface area contributed by atoms with Crippen LogP contribution in [0.3, 0.4) is 0 Å². The SMILES string of the molecule is CC(c1cccc(CN(C)Cc2ccccc2CN2CCCC2)c1)N(C)C. The third-order valence-electron chi connectivity index (χ3n) is 5.81. The second kappa shape index (κ2) is 9.50. The minimum absolute atomic E-state index is 0.441. The van der Waals surface area contributed by atoms with Crippen molar-refractivity contribution in [1.82, 2.24) is 14.7 Å². The zero-order valence-electron chi connectivity index (χ0n) is 17.5. The fourth-order valence-electron chi connectivity index (χ4n) is 3.96. The van der Waals surface area contributed by atoms with E-state index in [1.807, 2.05) is 0 Å². The predicted molar refractivity (Wildman–Crippen MR) is 115 cm³/mol. The molecule has 1 heterocycles. The Labute approximate surface area is 165 Å². The summed E-state index contributed by atoms with van der Waals surface area (Å²) >= 11 is 0. The molecule has 3 nitrogen and oxygen atoms in total. The maximum atomic E-state index is 2.59. The number of hydrogen-bond donors (Lipinski definition) is 0. The molecule has 1 unspecified atom stereocenters. The van der Waals surface area contributed by atoms with E-state index in [2.05, 4.69) is 91.3 Å². The van der Waals surface area contributed by atoms with Gasteiger partial charge < -0.3 is 4.90 Å². The van der Waals surface area contributed by atoms with Crippen LogP contribution in [0.25, 0.3) is 0 Å². The second-order valence-corrected chi connectivity index (χ2v) is 8.31. The molecule has 3 heteroatoms. The molecule has 0 aliphatic carbocycles. The normalized spacial score (nSPS) is 16.4. The van der Waals surface area contributed by atoms with E-state index in [0.29, 0.717) is 6.04 Å². The van der Waals surface area contributed by atoms with Crippen molar-refractivity contribution in [3.8, 4) is 0 Å². The maximum Gasteiger partial charge on any atom is 0.0313 e. The van der Waals surface area contributed by atoms with E-state index in [9.17, 15) is 0 Å². The van der Waals surface area contributed by atoms with Crippen LogP contribution in [0.4, 0.5) is 0 Å². The van der Waals surface area contributed by atoms with Gasteiger partial charge in [0.05, 0.1) is 0 Å². The summed E-state index contributed by atoms with van der Waals surface area (Å²) in [6.07, 6.45) is 2.70. The van der Waals surface area contributed by atoms with E-state index in [-0.39, 0.29) is 0 Å². The van der Waals surface area contributed by atoms with Crippen LogP contribution in [0.1, 0.15) is 48.1 Å². The molecule has 0 spiro atoms. The first kappa shape index (κ1) is 20.1. The Hall–Kier alpha value is -1.68. The molecule has 0 N–H and O–H groups in total. The highest BCUT2D eigenvalue weighted by Crippen LogP contribution is 2.21. The monoisotopic (exact) mass is 365 g/mol. The van der Waals surface area contributed by atoms with Crippen molar-refractivity contribution in [3.63, 3.8) is 0 Å². The average Bonchev–Trinajstić information content (AvgIpc) is 3.16. The van der Waals surface area contributed by atoms with Crippen LogP contribution >= 0.6 is 0 Å². The molecule has 2 aromatic rings. The van der Waals surface area contributed by atoms with Crippen molar-refractivity contribution in [1.29, 1.82) is 0 Å². The zero-order chi connectivity index (χ0) is 19.2. The van der Waals surface area contributed by atoms with Gasteiger partial charge in [-0.25, -0.2) is 0 Å². The van der Waals surface area contributed by atoms with Crippen LogP contribution in [-0.2, 0) is 19.6 Å². The van der Waals surface area contributed by atoms with E-state index in [0.717, 1.165) is 19.6 Å². The highest BCUT2D eigenvalue weighted by atomic mass is 15.1. The summed E-state index contributed by atoms with van der Waals surface area (Å²) in [4.78, 5) is 7.28. The summed E-state index contributed by atoms with van der Waals surface area (Å²) < 4.78 is 0. The topological polar surface area (TPSA) is 9.72 Å². The lowest BCUT2D eigenvalue weighted by Crippen LogP contribution is -2.22.